The summed E-state index contributed by atoms with van der Waals surface area (Å²) >= 11 is 0. The maximum absolute atomic E-state index is 5.50. The van der Waals surface area contributed by atoms with E-state index in [-0.39, 0.29) is 5.60 Å². The molecule has 1 aliphatic heterocycles. The first-order chi connectivity index (χ1) is 6.49. The van der Waals surface area contributed by atoms with Crippen LogP contribution in [-0.2, 0) is 4.84 Å². The van der Waals surface area contributed by atoms with E-state index >= 15 is 0 Å². The maximum atomic E-state index is 5.50. The number of hydroxylamine groups is 1. The minimum atomic E-state index is -0.0900. The number of rotatable bonds is 3. The van der Waals surface area contributed by atoms with Gasteiger partial charge in [0, 0.05) is 12.6 Å². The summed E-state index contributed by atoms with van der Waals surface area (Å²) in [5.74, 6) is 0. The predicted molar refractivity (Wildman–Crippen MR) is 59.1 cm³/mol. The van der Waals surface area contributed by atoms with Crippen molar-refractivity contribution in [1.29, 1.82) is 0 Å². The molecule has 1 heterocycles. The van der Waals surface area contributed by atoms with Crippen molar-refractivity contribution >= 4 is 0 Å². The van der Waals surface area contributed by atoms with E-state index in [1.54, 1.807) is 0 Å². The lowest BCUT2D eigenvalue weighted by atomic mass is 10.0. The number of likely N-dealkylation sites (tertiary alicyclic amines) is 1. The number of likely N-dealkylation sites (N-methyl/N-ethyl adjacent to an activating group) is 1. The van der Waals surface area contributed by atoms with Gasteiger partial charge in [0.2, 0.25) is 0 Å². The van der Waals surface area contributed by atoms with Gasteiger partial charge >= 0.3 is 0 Å². The molecule has 14 heavy (non-hydrogen) atoms. The number of hydrogen-bond donors (Lipinski definition) is 1. The zero-order valence-electron chi connectivity index (χ0n) is 9.97. The van der Waals surface area contributed by atoms with Crippen molar-refractivity contribution in [2.75, 3.05) is 20.1 Å². The number of piperidine rings is 1. The van der Waals surface area contributed by atoms with E-state index in [2.05, 4.69) is 38.2 Å². The summed E-state index contributed by atoms with van der Waals surface area (Å²) < 4.78 is 0. The minimum absolute atomic E-state index is 0.0900. The molecular formula is C11H24N2O. The van der Waals surface area contributed by atoms with Gasteiger partial charge in [0.25, 0.3) is 0 Å². The largest absolute Gasteiger partial charge is 0.302 e. The third-order valence-electron chi connectivity index (χ3n) is 2.62. The van der Waals surface area contributed by atoms with Crippen LogP contribution in [0, 0.1) is 0 Å². The fourth-order valence-corrected chi connectivity index (χ4v) is 1.76. The first kappa shape index (κ1) is 12.0. The van der Waals surface area contributed by atoms with E-state index in [1.807, 2.05) is 0 Å². The van der Waals surface area contributed by atoms with E-state index in [9.17, 15) is 0 Å². The Morgan fingerprint density at radius 2 is 2.07 bits per heavy atom. The molecule has 0 amide bonds. The Kier molecular flexibility index (Phi) is 4.35. The highest BCUT2D eigenvalue weighted by Crippen LogP contribution is 2.14. The molecule has 3 heteroatoms. The molecule has 0 aliphatic carbocycles. The molecule has 0 aromatic carbocycles. The molecule has 0 spiro atoms. The number of hydrogen-bond acceptors (Lipinski definition) is 3. The smallest absolute Gasteiger partial charge is 0.0812 e. The summed E-state index contributed by atoms with van der Waals surface area (Å²) in [4.78, 5) is 7.92. The van der Waals surface area contributed by atoms with Crippen LogP contribution in [0.3, 0.4) is 0 Å². The summed E-state index contributed by atoms with van der Waals surface area (Å²) in [6.45, 7) is 8.34. The number of nitrogens with one attached hydrogen (secondary N) is 1. The Morgan fingerprint density at radius 3 is 2.64 bits per heavy atom. The molecule has 0 aromatic rings. The molecule has 1 aliphatic rings. The lowest BCUT2D eigenvalue weighted by Crippen LogP contribution is -2.44. The summed E-state index contributed by atoms with van der Waals surface area (Å²) in [6.07, 6.45) is 3.98. The van der Waals surface area contributed by atoms with Gasteiger partial charge in [0.1, 0.15) is 0 Å². The van der Waals surface area contributed by atoms with Crippen molar-refractivity contribution in [2.24, 2.45) is 0 Å². The van der Waals surface area contributed by atoms with Crippen LogP contribution in [0.1, 0.15) is 40.0 Å². The summed E-state index contributed by atoms with van der Waals surface area (Å²) in [5, 5.41) is 0. The topological polar surface area (TPSA) is 24.5 Å². The lowest BCUT2D eigenvalue weighted by molar-refractivity contribution is -0.0802. The van der Waals surface area contributed by atoms with Crippen molar-refractivity contribution in [1.82, 2.24) is 10.4 Å². The first-order valence-corrected chi connectivity index (χ1v) is 5.60. The molecule has 1 fully saturated rings. The third kappa shape index (κ3) is 4.40. The molecule has 0 bridgehead atoms. The third-order valence-corrected chi connectivity index (χ3v) is 2.62. The molecule has 3 nitrogen and oxygen atoms in total. The van der Waals surface area contributed by atoms with E-state index in [4.69, 9.17) is 4.84 Å². The van der Waals surface area contributed by atoms with E-state index in [0.29, 0.717) is 6.04 Å². The Hall–Kier alpha value is -0.120. The monoisotopic (exact) mass is 200 g/mol. The second-order valence-electron chi connectivity index (χ2n) is 5.19. The highest BCUT2D eigenvalue weighted by molar-refractivity contribution is 4.75. The Morgan fingerprint density at radius 1 is 1.36 bits per heavy atom. The maximum Gasteiger partial charge on any atom is 0.0812 e. The van der Waals surface area contributed by atoms with Crippen LogP contribution in [0.4, 0.5) is 0 Å². The molecular weight excluding hydrogens is 176 g/mol. The predicted octanol–water partition coefficient (Wildman–Crippen LogP) is 1.79. The standard InChI is InChI=1S/C11H24N2O/c1-11(2,3)14-12-9-10-7-5-6-8-13(10)4/h10,12H,5-9H2,1-4H3. The van der Waals surface area contributed by atoms with Crippen molar-refractivity contribution in [3.8, 4) is 0 Å². The lowest BCUT2D eigenvalue weighted by Gasteiger charge is -2.33. The van der Waals surface area contributed by atoms with Crippen molar-refractivity contribution in [3.63, 3.8) is 0 Å². The van der Waals surface area contributed by atoms with Crippen LogP contribution >= 0.6 is 0 Å². The summed E-state index contributed by atoms with van der Waals surface area (Å²) in [7, 11) is 2.20. The summed E-state index contributed by atoms with van der Waals surface area (Å²) in [6, 6.07) is 0.645. The molecule has 84 valence electrons. The van der Waals surface area contributed by atoms with Gasteiger partial charge in [-0.1, -0.05) is 6.42 Å². The van der Waals surface area contributed by atoms with Crippen molar-refractivity contribution in [2.45, 2.75) is 51.7 Å². The van der Waals surface area contributed by atoms with Gasteiger partial charge in [-0.2, -0.15) is 0 Å². The second kappa shape index (κ2) is 5.10. The average molecular weight is 200 g/mol. The fraction of sp³-hybridized carbons (Fsp3) is 1.00. The van der Waals surface area contributed by atoms with E-state index < -0.39 is 0 Å². The van der Waals surface area contributed by atoms with E-state index in [1.165, 1.54) is 25.8 Å². The fourth-order valence-electron chi connectivity index (χ4n) is 1.76. The van der Waals surface area contributed by atoms with Crippen LogP contribution in [0.25, 0.3) is 0 Å². The Bertz CT molecular complexity index is 165. The van der Waals surface area contributed by atoms with Crippen LogP contribution in [0.15, 0.2) is 0 Å². The quantitative estimate of drug-likeness (QED) is 0.703. The molecule has 1 saturated heterocycles. The van der Waals surface area contributed by atoms with E-state index in [0.717, 1.165) is 6.54 Å². The van der Waals surface area contributed by atoms with Crippen LogP contribution < -0.4 is 5.48 Å². The molecule has 0 aromatic heterocycles. The number of nitrogens with zero attached hydrogens (tertiary/aromatic N) is 1. The van der Waals surface area contributed by atoms with Crippen LogP contribution in [-0.4, -0.2) is 36.7 Å². The first-order valence-electron chi connectivity index (χ1n) is 5.60. The normalized spacial score (nSPS) is 25.3. The van der Waals surface area contributed by atoms with Crippen LogP contribution in [0.5, 0.6) is 0 Å². The van der Waals surface area contributed by atoms with Crippen LogP contribution in [0.2, 0.25) is 0 Å². The molecule has 1 N–H and O–H groups in total. The molecule has 1 unspecified atom stereocenters. The molecule has 1 atom stereocenters. The van der Waals surface area contributed by atoms with Gasteiger partial charge < -0.3 is 4.90 Å². The van der Waals surface area contributed by atoms with Gasteiger partial charge in [0.05, 0.1) is 5.60 Å². The Balaban J connectivity index is 2.17. The Labute approximate surface area is 87.8 Å². The van der Waals surface area contributed by atoms with Crippen molar-refractivity contribution in [3.05, 3.63) is 0 Å². The zero-order valence-corrected chi connectivity index (χ0v) is 9.97. The molecule has 0 saturated carbocycles. The van der Waals surface area contributed by atoms with Gasteiger partial charge in [-0.15, -0.1) is 0 Å². The van der Waals surface area contributed by atoms with Gasteiger partial charge in [-0.3, -0.25) is 4.84 Å². The highest BCUT2D eigenvalue weighted by atomic mass is 16.7. The van der Waals surface area contributed by atoms with Gasteiger partial charge in [-0.25, -0.2) is 5.48 Å². The highest BCUT2D eigenvalue weighted by Gasteiger charge is 2.19. The second-order valence-corrected chi connectivity index (χ2v) is 5.19. The van der Waals surface area contributed by atoms with Gasteiger partial charge in [0.15, 0.2) is 0 Å². The zero-order chi connectivity index (χ0) is 10.6. The average Bonchev–Trinajstić information content (AvgIpc) is 2.06. The van der Waals surface area contributed by atoms with Crippen molar-refractivity contribution < 1.29 is 4.84 Å². The summed E-state index contributed by atoms with van der Waals surface area (Å²) in [5.41, 5.74) is 2.99. The minimum Gasteiger partial charge on any atom is -0.302 e. The van der Waals surface area contributed by atoms with Gasteiger partial charge in [-0.05, 0) is 47.2 Å². The molecule has 1 rings (SSSR count). The molecule has 0 radical (unpaired) electrons. The SMILES string of the molecule is CN1CCCCC1CNOC(C)(C)C.